The largest absolute Gasteiger partial charge is 0.383 e. The Bertz CT molecular complexity index is 415. The van der Waals surface area contributed by atoms with Crippen molar-refractivity contribution >= 4 is 17.3 Å². The molecule has 0 aliphatic carbocycles. The minimum absolute atomic E-state index is 0.250. The van der Waals surface area contributed by atoms with E-state index in [4.69, 9.17) is 0 Å². The maximum absolute atomic E-state index is 12.3. The third-order valence-electron chi connectivity index (χ3n) is 3.31. The van der Waals surface area contributed by atoms with Crippen LogP contribution in [0.15, 0.2) is 24.3 Å². The van der Waals surface area contributed by atoms with Crippen molar-refractivity contribution in [1.29, 1.82) is 0 Å². The number of nitrogens with one attached hydrogen (secondary N) is 1. The lowest BCUT2D eigenvalue weighted by Crippen LogP contribution is -2.31. The lowest BCUT2D eigenvalue weighted by atomic mass is 10.1. The van der Waals surface area contributed by atoms with E-state index >= 15 is 0 Å². The monoisotopic (exact) mass is 246 g/mol. The number of benzene rings is 1. The Morgan fingerprint density at radius 2 is 2.17 bits per heavy atom. The van der Waals surface area contributed by atoms with Crippen molar-refractivity contribution in [1.82, 2.24) is 0 Å². The fourth-order valence-corrected chi connectivity index (χ4v) is 2.25. The molecule has 0 unspecified atom stereocenters. The maximum atomic E-state index is 12.3. The Morgan fingerprint density at radius 1 is 1.39 bits per heavy atom. The number of hydrogen-bond donors (Lipinski definition) is 1. The van der Waals surface area contributed by atoms with E-state index in [9.17, 15) is 4.79 Å². The normalized spacial score (nSPS) is 14.9. The van der Waals surface area contributed by atoms with Gasteiger partial charge < -0.3 is 10.2 Å². The first-order valence-electron chi connectivity index (χ1n) is 6.81. The molecule has 18 heavy (non-hydrogen) atoms. The minimum Gasteiger partial charge on any atom is -0.383 e. The van der Waals surface area contributed by atoms with E-state index in [2.05, 4.69) is 19.2 Å². The molecule has 3 nitrogen and oxygen atoms in total. The molecule has 0 saturated heterocycles. The SMILES string of the molecule is CC(C)CCC(=O)N1CCCNc2ccccc21. The lowest BCUT2D eigenvalue weighted by Gasteiger charge is -2.22. The average Bonchev–Trinajstić information content (AvgIpc) is 2.58. The number of carbonyl (C=O) groups excluding carboxylic acids is 1. The van der Waals surface area contributed by atoms with Crippen LogP contribution in [0.3, 0.4) is 0 Å². The summed E-state index contributed by atoms with van der Waals surface area (Å²) in [5.41, 5.74) is 2.11. The molecule has 1 heterocycles. The first-order chi connectivity index (χ1) is 8.68. The van der Waals surface area contributed by atoms with Gasteiger partial charge in [-0.2, -0.15) is 0 Å². The molecule has 98 valence electrons. The van der Waals surface area contributed by atoms with Crippen molar-refractivity contribution in [2.45, 2.75) is 33.1 Å². The van der Waals surface area contributed by atoms with Gasteiger partial charge in [-0.1, -0.05) is 26.0 Å². The van der Waals surface area contributed by atoms with Crippen LogP contribution in [-0.2, 0) is 4.79 Å². The highest BCUT2D eigenvalue weighted by atomic mass is 16.2. The fourth-order valence-electron chi connectivity index (χ4n) is 2.25. The molecule has 1 amide bonds. The van der Waals surface area contributed by atoms with Gasteiger partial charge >= 0.3 is 0 Å². The van der Waals surface area contributed by atoms with Crippen LogP contribution < -0.4 is 10.2 Å². The zero-order valence-electron chi connectivity index (χ0n) is 11.3. The first kappa shape index (κ1) is 12.9. The minimum atomic E-state index is 0.250. The third-order valence-corrected chi connectivity index (χ3v) is 3.31. The highest BCUT2D eigenvalue weighted by Gasteiger charge is 2.20. The van der Waals surface area contributed by atoms with Gasteiger partial charge in [0.15, 0.2) is 0 Å². The highest BCUT2D eigenvalue weighted by molar-refractivity contribution is 5.96. The van der Waals surface area contributed by atoms with Crippen LogP contribution >= 0.6 is 0 Å². The second-order valence-electron chi connectivity index (χ2n) is 5.28. The lowest BCUT2D eigenvalue weighted by molar-refractivity contribution is -0.118. The van der Waals surface area contributed by atoms with Crippen LogP contribution in [0.2, 0.25) is 0 Å². The van der Waals surface area contributed by atoms with Gasteiger partial charge in [0.05, 0.1) is 11.4 Å². The molecule has 0 radical (unpaired) electrons. The molecule has 0 spiro atoms. The number of carbonyl (C=O) groups is 1. The Balaban J connectivity index is 2.14. The molecular formula is C15H22N2O. The van der Waals surface area contributed by atoms with Crippen molar-refractivity contribution in [3.8, 4) is 0 Å². The maximum Gasteiger partial charge on any atom is 0.227 e. The second kappa shape index (κ2) is 5.89. The molecule has 1 aliphatic heterocycles. The molecule has 0 saturated carbocycles. The van der Waals surface area contributed by atoms with Gasteiger partial charge in [0.2, 0.25) is 5.91 Å². The molecule has 0 fully saturated rings. The molecule has 3 heteroatoms. The van der Waals surface area contributed by atoms with Gasteiger partial charge in [0.1, 0.15) is 0 Å². The summed E-state index contributed by atoms with van der Waals surface area (Å²) in [6.07, 6.45) is 2.61. The molecule has 1 aromatic rings. The Hall–Kier alpha value is -1.51. The van der Waals surface area contributed by atoms with Gasteiger partial charge in [-0.25, -0.2) is 0 Å². The summed E-state index contributed by atoms with van der Waals surface area (Å²) in [7, 11) is 0. The Morgan fingerprint density at radius 3 is 2.94 bits per heavy atom. The summed E-state index contributed by atoms with van der Waals surface area (Å²) in [5, 5.41) is 3.38. The van der Waals surface area contributed by atoms with E-state index in [1.165, 1.54) is 0 Å². The van der Waals surface area contributed by atoms with E-state index in [0.29, 0.717) is 12.3 Å². The van der Waals surface area contributed by atoms with Crippen molar-refractivity contribution in [3.63, 3.8) is 0 Å². The molecule has 0 aromatic heterocycles. The van der Waals surface area contributed by atoms with E-state index in [1.54, 1.807) is 0 Å². The first-order valence-corrected chi connectivity index (χ1v) is 6.81. The van der Waals surface area contributed by atoms with Crippen molar-refractivity contribution < 1.29 is 4.79 Å². The van der Waals surface area contributed by atoms with Crippen molar-refractivity contribution in [3.05, 3.63) is 24.3 Å². The van der Waals surface area contributed by atoms with Gasteiger partial charge in [-0.05, 0) is 30.9 Å². The van der Waals surface area contributed by atoms with Gasteiger partial charge in [0.25, 0.3) is 0 Å². The van der Waals surface area contributed by atoms with E-state index in [-0.39, 0.29) is 5.91 Å². The van der Waals surface area contributed by atoms with Gasteiger partial charge in [-0.15, -0.1) is 0 Å². The summed E-state index contributed by atoms with van der Waals surface area (Å²) < 4.78 is 0. The van der Waals surface area contributed by atoms with Crippen LogP contribution in [0.5, 0.6) is 0 Å². The highest BCUT2D eigenvalue weighted by Crippen LogP contribution is 2.28. The van der Waals surface area contributed by atoms with Gasteiger partial charge in [0, 0.05) is 19.5 Å². The molecule has 1 N–H and O–H groups in total. The second-order valence-corrected chi connectivity index (χ2v) is 5.28. The van der Waals surface area contributed by atoms with Crippen LogP contribution in [0.25, 0.3) is 0 Å². The number of nitrogens with zero attached hydrogens (tertiary/aromatic N) is 1. The van der Waals surface area contributed by atoms with Crippen LogP contribution in [-0.4, -0.2) is 19.0 Å². The summed E-state index contributed by atoms with van der Waals surface area (Å²) in [5.74, 6) is 0.828. The zero-order valence-corrected chi connectivity index (χ0v) is 11.3. The zero-order chi connectivity index (χ0) is 13.0. The quantitative estimate of drug-likeness (QED) is 0.887. The van der Waals surface area contributed by atoms with Crippen LogP contribution in [0, 0.1) is 5.92 Å². The number of anilines is 2. The molecular weight excluding hydrogens is 224 g/mol. The topological polar surface area (TPSA) is 32.3 Å². The number of para-hydroxylation sites is 2. The molecule has 0 bridgehead atoms. The van der Waals surface area contributed by atoms with Crippen LogP contribution in [0.4, 0.5) is 11.4 Å². The predicted molar refractivity (Wildman–Crippen MR) is 76.0 cm³/mol. The number of hydrogen-bond acceptors (Lipinski definition) is 2. The molecule has 1 aromatic carbocycles. The number of rotatable bonds is 3. The van der Waals surface area contributed by atoms with Gasteiger partial charge in [-0.3, -0.25) is 4.79 Å². The predicted octanol–water partition coefficient (Wildman–Crippen LogP) is 3.27. The van der Waals surface area contributed by atoms with Crippen LogP contribution in [0.1, 0.15) is 33.1 Å². The van der Waals surface area contributed by atoms with Crippen molar-refractivity contribution in [2.75, 3.05) is 23.3 Å². The molecule has 2 rings (SSSR count). The standard InChI is InChI=1S/C15H22N2O/c1-12(2)8-9-15(18)17-11-5-10-16-13-6-3-4-7-14(13)17/h3-4,6-7,12,16H,5,8-11H2,1-2H3. The molecule has 1 aliphatic rings. The van der Waals surface area contributed by atoms with Crippen molar-refractivity contribution in [2.24, 2.45) is 5.92 Å². The number of fused-ring (bicyclic) bond motifs is 1. The summed E-state index contributed by atoms with van der Waals surface area (Å²) in [6.45, 7) is 6.07. The smallest absolute Gasteiger partial charge is 0.227 e. The summed E-state index contributed by atoms with van der Waals surface area (Å²) in [4.78, 5) is 14.3. The third kappa shape index (κ3) is 3.03. The van der Waals surface area contributed by atoms with E-state index < -0.39 is 0 Å². The summed E-state index contributed by atoms with van der Waals surface area (Å²) >= 11 is 0. The Labute approximate surface area is 109 Å². The number of amides is 1. The summed E-state index contributed by atoms with van der Waals surface area (Å²) in [6, 6.07) is 8.08. The average molecular weight is 246 g/mol. The fraction of sp³-hybridized carbons (Fsp3) is 0.533. The molecule has 0 atom stereocenters. The van der Waals surface area contributed by atoms with E-state index in [0.717, 1.165) is 37.3 Å². The van der Waals surface area contributed by atoms with E-state index in [1.807, 2.05) is 29.2 Å². The Kier molecular flexibility index (Phi) is 4.24.